The van der Waals surface area contributed by atoms with Crippen molar-refractivity contribution in [3.05, 3.63) is 48.3 Å². The van der Waals surface area contributed by atoms with Gasteiger partial charge in [0.25, 0.3) is 0 Å². The molecule has 0 unspecified atom stereocenters. The predicted molar refractivity (Wildman–Crippen MR) is 76.1 cm³/mol. The number of nitrogens with two attached hydrogens (primary N) is 1. The number of hydrogen-bond donors (Lipinski definition) is 1. The number of hydrogen-bond acceptors (Lipinski definition) is 4. The number of nitrogens with zero attached hydrogens (tertiary/aromatic N) is 1. The molecule has 1 heterocycles. The summed E-state index contributed by atoms with van der Waals surface area (Å²) in [6.07, 6.45) is 2.77. The van der Waals surface area contributed by atoms with Gasteiger partial charge in [0.1, 0.15) is 5.75 Å². The zero-order valence-electron chi connectivity index (χ0n) is 10.3. The van der Waals surface area contributed by atoms with E-state index in [1.165, 1.54) is 0 Å². The van der Waals surface area contributed by atoms with Gasteiger partial charge in [0.2, 0.25) is 0 Å². The molecular formula is C14H16N2OS. The summed E-state index contributed by atoms with van der Waals surface area (Å²) in [6, 6.07) is 11.7. The third kappa shape index (κ3) is 3.40. The first-order valence-corrected chi connectivity index (χ1v) is 6.74. The molecule has 0 aliphatic rings. The summed E-state index contributed by atoms with van der Waals surface area (Å²) in [5.41, 5.74) is 7.56. The van der Waals surface area contributed by atoms with Crippen molar-refractivity contribution in [2.45, 2.75) is 11.3 Å². The van der Waals surface area contributed by atoms with Crippen LogP contribution in [-0.2, 0) is 6.42 Å². The van der Waals surface area contributed by atoms with Gasteiger partial charge in [-0.25, -0.2) is 0 Å². The monoisotopic (exact) mass is 260 g/mol. The molecule has 0 aliphatic carbocycles. The van der Waals surface area contributed by atoms with Crippen LogP contribution >= 0.6 is 11.8 Å². The van der Waals surface area contributed by atoms with Crippen molar-refractivity contribution in [1.82, 2.24) is 4.98 Å². The summed E-state index contributed by atoms with van der Waals surface area (Å²) < 4.78 is 5.31. The molecule has 18 heavy (non-hydrogen) atoms. The van der Waals surface area contributed by atoms with Crippen LogP contribution in [0.15, 0.2) is 47.5 Å². The number of nitrogen functional groups attached to an aromatic ring is 1. The zero-order valence-corrected chi connectivity index (χ0v) is 11.1. The van der Waals surface area contributed by atoms with E-state index in [1.807, 2.05) is 42.6 Å². The number of aryl methyl sites for hydroxylation is 1. The molecule has 0 saturated heterocycles. The van der Waals surface area contributed by atoms with Crippen LogP contribution in [0.3, 0.4) is 0 Å². The van der Waals surface area contributed by atoms with Crippen LogP contribution < -0.4 is 10.5 Å². The summed E-state index contributed by atoms with van der Waals surface area (Å²) in [5.74, 6) is 1.80. The van der Waals surface area contributed by atoms with Gasteiger partial charge in [0.05, 0.1) is 7.11 Å². The number of pyridine rings is 1. The molecule has 0 amide bonds. The van der Waals surface area contributed by atoms with E-state index in [9.17, 15) is 0 Å². The lowest BCUT2D eigenvalue weighted by Gasteiger charge is -2.08. The topological polar surface area (TPSA) is 48.1 Å². The van der Waals surface area contributed by atoms with Gasteiger partial charge < -0.3 is 10.5 Å². The average molecular weight is 260 g/mol. The fourth-order valence-electron chi connectivity index (χ4n) is 1.61. The number of thioether (sulfide) groups is 1. The quantitative estimate of drug-likeness (QED) is 0.663. The zero-order chi connectivity index (χ0) is 12.8. The van der Waals surface area contributed by atoms with Crippen molar-refractivity contribution in [3.63, 3.8) is 0 Å². The standard InChI is InChI=1S/C14H16N2OS/c1-17-13-10-11(15)5-6-14(13)18-9-7-12-4-2-3-8-16-12/h2-6,8,10H,7,9,15H2,1H3. The summed E-state index contributed by atoms with van der Waals surface area (Å²) in [6.45, 7) is 0. The predicted octanol–water partition coefficient (Wildman–Crippen LogP) is 3.01. The van der Waals surface area contributed by atoms with E-state index in [0.717, 1.165) is 34.2 Å². The lowest BCUT2D eigenvalue weighted by Crippen LogP contribution is -1.94. The number of rotatable bonds is 5. The summed E-state index contributed by atoms with van der Waals surface area (Å²) >= 11 is 1.75. The van der Waals surface area contributed by atoms with Gasteiger partial charge in [-0.1, -0.05) is 6.07 Å². The first-order chi connectivity index (χ1) is 8.79. The van der Waals surface area contributed by atoms with E-state index in [4.69, 9.17) is 10.5 Å². The molecular weight excluding hydrogens is 244 g/mol. The Morgan fingerprint density at radius 2 is 2.17 bits per heavy atom. The van der Waals surface area contributed by atoms with Gasteiger partial charge in [-0.3, -0.25) is 4.98 Å². The van der Waals surface area contributed by atoms with Crippen molar-refractivity contribution in [2.75, 3.05) is 18.6 Å². The molecule has 0 atom stereocenters. The second-order valence-electron chi connectivity index (χ2n) is 3.83. The Morgan fingerprint density at radius 3 is 2.89 bits per heavy atom. The Labute approximate surface area is 111 Å². The van der Waals surface area contributed by atoms with Crippen molar-refractivity contribution in [2.24, 2.45) is 0 Å². The highest BCUT2D eigenvalue weighted by atomic mass is 32.2. The van der Waals surface area contributed by atoms with E-state index in [2.05, 4.69) is 4.98 Å². The van der Waals surface area contributed by atoms with E-state index in [-0.39, 0.29) is 0 Å². The maximum atomic E-state index is 5.72. The molecule has 2 N–H and O–H groups in total. The summed E-state index contributed by atoms with van der Waals surface area (Å²) in [7, 11) is 1.66. The summed E-state index contributed by atoms with van der Waals surface area (Å²) in [4.78, 5) is 5.42. The Kier molecular flexibility index (Phi) is 4.47. The van der Waals surface area contributed by atoms with E-state index in [1.54, 1.807) is 18.9 Å². The van der Waals surface area contributed by atoms with E-state index >= 15 is 0 Å². The van der Waals surface area contributed by atoms with Crippen LogP contribution in [0.25, 0.3) is 0 Å². The van der Waals surface area contributed by atoms with Crippen LogP contribution in [0.1, 0.15) is 5.69 Å². The number of benzene rings is 1. The second-order valence-corrected chi connectivity index (χ2v) is 4.97. The molecule has 1 aromatic heterocycles. The molecule has 0 saturated carbocycles. The molecule has 94 valence electrons. The smallest absolute Gasteiger partial charge is 0.134 e. The van der Waals surface area contributed by atoms with Crippen molar-refractivity contribution in [3.8, 4) is 5.75 Å². The number of methoxy groups -OCH3 is 1. The average Bonchev–Trinajstić information content (AvgIpc) is 2.41. The van der Waals surface area contributed by atoms with Crippen LogP contribution in [0.4, 0.5) is 5.69 Å². The number of anilines is 1. The largest absolute Gasteiger partial charge is 0.496 e. The molecule has 0 radical (unpaired) electrons. The molecule has 1 aromatic carbocycles. The molecule has 0 bridgehead atoms. The minimum absolute atomic E-state index is 0.723. The highest BCUT2D eigenvalue weighted by molar-refractivity contribution is 7.99. The first kappa shape index (κ1) is 12.8. The highest BCUT2D eigenvalue weighted by Crippen LogP contribution is 2.31. The second kappa shape index (κ2) is 6.31. The van der Waals surface area contributed by atoms with Gasteiger partial charge in [0.15, 0.2) is 0 Å². The van der Waals surface area contributed by atoms with Gasteiger partial charge in [-0.15, -0.1) is 11.8 Å². The normalized spacial score (nSPS) is 10.3. The third-order valence-corrected chi connectivity index (χ3v) is 3.59. The molecule has 0 fully saturated rings. The fraction of sp³-hybridized carbons (Fsp3) is 0.214. The van der Waals surface area contributed by atoms with Crippen LogP contribution in [0, 0.1) is 0 Å². The number of ether oxygens (including phenoxy) is 1. The van der Waals surface area contributed by atoms with Crippen LogP contribution in [0.5, 0.6) is 5.75 Å². The minimum atomic E-state index is 0.723. The SMILES string of the molecule is COc1cc(N)ccc1SCCc1ccccn1. The minimum Gasteiger partial charge on any atom is -0.496 e. The highest BCUT2D eigenvalue weighted by Gasteiger charge is 2.04. The Morgan fingerprint density at radius 1 is 1.28 bits per heavy atom. The Balaban J connectivity index is 1.94. The van der Waals surface area contributed by atoms with Gasteiger partial charge in [0, 0.05) is 34.3 Å². The maximum absolute atomic E-state index is 5.72. The van der Waals surface area contributed by atoms with E-state index in [0.29, 0.717) is 0 Å². The number of aromatic nitrogens is 1. The Hall–Kier alpha value is -1.68. The van der Waals surface area contributed by atoms with Gasteiger partial charge in [-0.2, -0.15) is 0 Å². The van der Waals surface area contributed by atoms with Crippen LogP contribution in [-0.4, -0.2) is 17.8 Å². The fourth-order valence-corrected chi connectivity index (χ4v) is 2.59. The molecule has 3 nitrogen and oxygen atoms in total. The first-order valence-electron chi connectivity index (χ1n) is 5.76. The van der Waals surface area contributed by atoms with Crippen molar-refractivity contribution in [1.29, 1.82) is 0 Å². The van der Waals surface area contributed by atoms with Gasteiger partial charge in [-0.05, 0) is 30.7 Å². The van der Waals surface area contributed by atoms with Crippen molar-refractivity contribution >= 4 is 17.4 Å². The molecule has 2 rings (SSSR count). The molecule has 0 aliphatic heterocycles. The molecule has 4 heteroatoms. The Bertz CT molecular complexity index is 502. The lowest BCUT2D eigenvalue weighted by atomic mass is 10.3. The van der Waals surface area contributed by atoms with Gasteiger partial charge >= 0.3 is 0 Å². The van der Waals surface area contributed by atoms with Crippen molar-refractivity contribution < 1.29 is 4.74 Å². The maximum Gasteiger partial charge on any atom is 0.134 e. The summed E-state index contributed by atoms with van der Waals surface area (Å²) in [5, 5.41) is 0. The third-order valence-electron chi connectivity index (χ3n) is 2.53. The van der Waals surface area contributed by atoms with Crippen LogP contribution in [0.2, 0.25) is 0 Å². The molecule has 2 aromatic rings. The van der Waals surface area contributed by atoms with E-state index < -0.39 is 0 Å². The lowest BCUT2D eigenvalue weighted by molar-refractivity contribution is 0.405. The molecule has 0 spiro atoms.